The predicted molar refractivity (Wildman–Crippen MR) is 62.3 cm³/mol. The molecule has 0 aromatic carbocycles. The molecule has 1 aliphatic heterocycles. The van der Waals surface area contributed by atoms with Gasteiger partial charge in [0, 0.05) is 26.3 Å². The molecule has 1 fully saturated rings. The van der Waals surface area contributed by atoms with E-state index in [4.69, 9.17) is 5.73 Å². The van der Waals surface area contributed by atoms with E-state index in [1.807, 2.05) is 0 Å². The van der Waals surface area contributed by atoms with Crippen molar-refractivity contribution in [2.75, 3.05) is 18.8 Å². The third-order valence-corrected chi connectivity index (χ3v) is 3.23. The van der Waals surface area contributed by atoms with Crippen LogP contribution in [0.3, 0.4) is 0 Å². The van der Waals surface area contributed by atoms with Gasteiger partial charge in [0.1, 0.15) is 0 Å². The van der Waals surface area contributed by atoms with Gasteiger partial charge in [-0.3, -0.25) is 9.48 Å². The molecule has 0 saturated carbocycles. The summed E-state index contributed by atoms with van der Waals surface area (Å²) in [4.78, 5) is 13.3. The second kappa shape index (κ2) is 4.75. The minimum absolute atomic E-state index is 0.0188. The van der Waals surface area contributed by atoms with Crippen LogP contribution >= 0.6 is 0 Å². The summed E-state index contributed by atoms with van der Waals surface area (Å²) in [7, 11) is 1.60. The molecule has 0 bridgehead atoms. The van der Waals surface area contributed by atoms with Crippen molar-refractivity contribution in [3.05, 3.63) is 11.9 Å². The van der Waals surface area contributed by atoms with E-state index in [9.17, 15) is 18.0 Å². The second-order valence-corrected chi connectivity index (χ2v) is 4.74. The quantitative estimate of drug-likeness (QED) is 0.843. The van der Waals surface area contributed by atoms with Crippen LogP contribution in [0.4, 0.5) is 18.9 Å². The Morgan fingerprint density at radius 3 is 2.74 bits per heavy atom. The lowest BCUT2D eigenvalue weighted by atomic mass is 9.97. The molecule has 8 heteroatoms. The Balaban J connectivity index is 2.14. The predicted octanol–water partition coefficient (Wildman–Crippen LogP) is 1.42. The highest BCUT2D eigenvalue weighted by Gasteiger charge is 2.43. The first-order valence-corrected chi connectivity index (χ1v) is 5.94. The van der Waals surface area contributed by atoms with Gasteiger partial charge in [-0.05, 0) is 12.8 Å². The summed E-state index contributed by atoms with van der Waals surface area (Å²) in [6.45, 7) is -0.0141. The Morgan fingerprint density at radius 2 is 2.21 bits per heavy atom. The molecule has 1 saturated heterocycles. The smallest absolute Gasteiger partial charge is 0.393 e. The Kier molecular flexibility index (Phi) is 3.42. The number of anilines is 1. The van der Waals surface area contributed by atoms with Crippen molar-refractivity contribution in [2.24, 2.45) is 13.0 Å². The Labute approximate surface area is 108 Å². The first-order chi connectivity index (χ1) is 8.79. The number of hydrogen-bond acceptors (Lipinski definition) is 3. The molecule has 2 N–H and O–H groups in total. The number of nitrogens with two attached hydrogens (primary N) is 1. The zero-order chi connectivity index (χ0) is 14.2. The van der Waals surface area contributed by atoms with Crippen LogP contribution in [0.5, 0.6) is 0 Å². The Hall–Kier alpha value is -1.73. The number of piperidine rings is 1. The maximum atomic E-state index is 12.7. The minimum Gasteiger partial charge on any atom is -0.396 e. The number of amides is 1. The van der Waals surface area contributed by atoms with E-state index in [2.05, 4.69) is 5.10 Å². The summed E-state index contributed by atoms with van der Waals surface area (Å²) in [6.07, 6.45) is -2.42. The minimum atomic E-state index is -4.27. The van der Waals surface area contributed by atoms with Crippen LogP contribution in [-0.4, -0.2) is 39.9 Å². The van der Waals surface area contributed by atoms with E-state index in [0.29, 0.717) is 13.0 Å². The largest absolute Gasteiger partial charge is 0.396 e. The standard InChI is InChI=1S/C11H15F3N4O/c1-17-6-8(15)9(16-17)10(19)18-4-2-3-7(5-18)11(12,13)14/h6-7H,2-5,15H2,1H3. The van der Waals surface area contributed by atoms with Gasteiger partial charge >= 0.3 is 6.18 Å². The van der Waals surface area contributed by atoms with Gasteiger partial charge in [-0.25, -0.2) is 0 Å². The number of nitrogens with zero attached hydrogens (tertiary/aromatic N) is 3. The summed E-state index contributed by atoms with van der Waals surface area (Å²) in [6, 6.07) is 0. The molecule has 5 nitrogen and oxygen atoms in total. The summed E-state index contributed by atoms with van der Waals surface area (Å²) in [5, 5.41) is 3.89. The summed E-state index contributed by atoms with van der Waals surface area (Å²) in [5.41, 5.74) is 5.82. The highest BCUT2D eigenvalue weighted by molar-refractivity contribution is 5.97. The molecule has 2 heterocycles. The van der Waals surface area contributed by atoms with E-state index in [1.54, 1.807) is 7.05 Å². The lowest BCUT2D eigenvalue weighted by Crippen LogP contribution is -2.44. The van der Waals surface area contributed by atoms with Gasteiger partial charge in [0.15, 0.2) is 5.69 Å². The highest BCUT2D eigenvalue weighted by atomic mass is 19.4. The van der Waals surface area contributed by atoms with Crippen LogP contribution in [0.1, 0.15) is 23.3 Å². The SMILES string of the molecule is Cn1cc(N)c(C(=O)N2CCCC(C(F)(F)F)C2)n1. The molecule has 1 aromatic heterocycles. The van der Waals surface area contributed by atoms with Crippen molar-refractivity contribution in [1.29, 1.82) is 0 Å². The van der Waals surface area contributed by atoms with Crippen LogP contribution < -0.4 is 5.73 Å². The number of carbonyl (C=O) groups excluding carboxylic acids is 1. The van der Waals surface area contributed by atoms with E-state index in [1.165, 1.54) is 15.8 Å². The molecule has 0 spiro atoms. The Morgan fingerprint density at radius 1 is 1.53 bits per heavy atom. The Bertz CT molecular complexity index is 483. The summed E-state index contributed by atoms with van der Waals surface area (Å²) in [5.74, 6) is -2.00. The average molecular weight is 276 g/mol. The van der Waals surface area contributed by atoms with Crippen molar-refractivity contribution in [3.63, 3.8) is 0 Å². The molecule has 1 aromatic rings. The lowest BCUT2D eigenvalue weighted by Gasteiger charge is -2.33. The zero-order valence-corrected chi connectivity index (χ0v) is 10.4. The molecule has 19 heavy (non-hydrogen) atoms. The molecule has 106 valence electrons. The van der Waals surface area contributed by atoms with Gasteiger partial charge in [0.2, 0.25) is 0 Å². The van der Waals surface area contributed by atoms with Gasteiger partial charge in [-0.1, -0.05) is 0 Å². The van der Waals surface area contributed by atoms with Crippen LogP contribution in [0.25, 0.3) is 0 Å². The first-order valence-electron chi connectivity index (χ1n) is 5.94. The average Bonchev–Trinajstić information content (AvgIpc) is 2.66. The molecular formula is C11H15F3N4O. The van der Waals surface area contributed by atoms with E-state index in [0.717, 1.165) is 0 Å². The normalized spacial score (nSPS) is 20.6. The molecule has 1 aliphatic rings. The van der Waals surface area contributed by atoms with Crippen molar-refractivity contribution in [2.45, 2.75) is 19.0 Å². The van der Waals surface area contributed by atoms with E-state index in [-0.39, 0.29) is 24.3 Å². The van der Waals surface area contributed by atoms with Crippen molar-refractivity contribution < 1.29 is 18.0 Å². The molecular weight excluding hydrogens is 261 g/mol. The number of nitrogen functional groups attached to an aromatic ring is 1. The fraction of sp³-hybridized carbons (Fsp3) is 0.636. The zero-order valence-electron chi connectivity index (χ0n) is 10.4. The third kappa shape index (κ3) is 2.82. The number of rotatable bonds is 1. The fourth-order valence-electron chi connectivity index (χ4n) is 2.25. The maximum Gasteiger partial charge on any atom is 0.393 e. The van der Waals surface area contributed by atoms with Gasteiger partial charge in [0.25, 0.3) is 5.91 Å². The molecule has 1 unspecified atom stereocenters. The number of hydrogen-bond donors (Lipinski definition) is 1. The second-order valence-electron chi connectivity index (χ2n) is 4.74. The topological polar surface area (TPSA) is 64.2 Å². The van der Waals surface area contributed by atoms with Gasteiger partial charge in [0.05, 0.1) is 11.6 Å². The molecule has 1 atom stereocenters. The third-order valence-electron chi connectivity index (χ3n) is 3.23. The van der Waals surface area contributed by atoms with Crippen LogP contribution in [0.15, 0.2) is 6.20 Å². The van der Waals surface area contributed by atoms with E-state index < -0.39 is 18.0 Å². The number of alkyl halides is 3. The van der Waals surface area contributed by atoms with E-state index >= 15 is 0 Å². The summed E-state index contributed by atoms with van der Waals surface area (Å²) >= 11 is 0. The number of halogens is 3. The van der Waals surface area contributed by atoms with Gasteiger partial charge in [-0.15, -0.1) is 0 Å². The number of carbonyl (C=O) groups is 1. The summed E-state index contributed by atoms with van der Waals surface area (Å²) < 4.78 is 39.4. The van der Waals surface area contributed by atoms with Crippen LogP contribution in [0.2, 0.25) is 0 Å². The van der Waals surface area contributed by atoms with Crippen LogP contribution in [0, 0.1) is 5.92 Å². The highest BCUT2D eigenvalue weighted by Crippen LogP contribution is 2.33. The molecule has 0 aliphatic carbocycles. The monoisotopic (exact) mass is 276 g/mol. The molecule has 1 amide bonds. The number of aryl methyl sites for hydroxylation is 1. The van der Waals surface area contributed by atoms with Crippen LogP contribution in [-0.2, 0) is 7.05 Å². The first kappa shape index (κ1) is 13.7. The van der Waals surface area contributed by atoms with Gasteiger partial charge in [-0.2, -0.15) is 18.3 Å². The maximum absolute atomic E-state index is 12.7. The van der Waals surface area contributed by atoms with Crippen molar-refractivity contribution >= 4 is 11.6 Å². The number of aromatic nitrogens is 2. The molecule has 0 radical (unpaired) electrons. The van der Waals surface area contributed by atoms with Crippen molar-refractivity contribution in [3.8, 4) is 0 Å². The van der Waals surface area contributed by atoms with Gasteiger partial charge < -0.3 is 10.6 Å². The van der Waals surface area contributed by atoms with Crippen molar-refractivity contribution in [1.82, 2.24) is 14.7 Å². The lowest BCUT2D eigenvalue weighted by molar-refractivity contribution is -0.184. The number of likely N-dealkylation sites (tertiary alicyclic amines) is 1. The fourth-order valence-corrected chi connectivity index (χ4v) is 2.25. The molecule has 2 rings (SSSR count).